The van der Waals surface area contributed by atoms with Crippen molar-refractivity contribution in [2.75, 3.05) is 6.54 Å². The zero-order chi connectivity index (χ0) is 8.20. The summed E-state index contributed by atoms with van der Waals surface area (Å²) in [6.45, 7) is 3.40. The molecule has 0 unspecified atom stereocenters. The molecule has 0 rings (SSSR count). The van der Waals surface area contributed by atoms with Crippen molar-refractivity contribution in [1.82, 2.24) is 5.32 Å². The molecule has 0 aliphatic heterocycles. The molecule has 0 spiro atoms. The topological polar surface area (TPSA) is 78.9 Å². The first-order chi connectivity index (χ1) is 4.50. The first-order valence-corrected chi connectivity index (χ1v) is 2.92. The van der Waals surface area contributed by atoms with Gasteiger partial charge in [0.1, 0.15) is 0 Å². The molecular formula is C6H11N3O. The van der Waals surface area contributed by atoms with E-state index in [-0.39, 0.29) is 6.54 Å². The van der Waals surface area contributed by atoms with E-state index in [4.69, 9.17) is 11.0 Å². The highest BCUT2D eigenvalue weighted by atomic mass is 16.1. The molecule has 0 aromatic heterocycles. The molecule has 0 fully saturated rings. The van der Waals surface area contributed by atoms with Gasteiger partial charge < -0.3 is 5.73 Å². The van der Waals surface area contributed by atoms with Crippen molar-refractivity contribution in [2.45, 2.75) is 19.4 Å². The van der Waals surface area contributed by atoms with Gasteiger partial charge in [-0.15, -0.1) is 0 Å². The lowest BCUT2D eigenvalue weighted by molar-refractivity contribution is -0.123. The molecular weight excluding hydrogens is 130 g/mol. The lowest BCUT2D eigenvalue weighted by atomic mass is 10.1. The van der Waals surface area contributed by atoms with Crippen molar-refractivity contribution >= 4 is 5.91 Å². The summed E-state index contributed by atoms with van der Waals surface area (Å²) in [4.78, 5) is 10.6. The highest BCUT2D eigenvalue weighted by Crippen LogP contribution is 1.97. The van der Waals surface area contributed by atoms with Crippen molar-refractivity contribution in [1.29, 1.82) is 5.26 Å². The number of rotatable bonds is 3. The van der Waals surface area contributed by atoms with Crippen LogP contribution in [0.4, 0.5) is 0 Å². The number of hydrogen-bond donors (Lipinski definition) is 2. The van der Waals surface area contributed by atoms with Crippen molar-refractivity contribution < 1.29 is 4.79 Å². The van der Waals surface area contributed by atoms with Crippen LogP contribution >= 0.6 is 0 Å². The van der Waals surface area contributed by atoms with Crippen molar-refractivity contribution in [3.05, 3.63) is 0 Å². The maximum Gasteiger partial charge on any atom is 0.237 e. The first kappa shape index (κ1) is 8.92. The zero-order valence-electron chi connectivity index (χ0n) is 6.14. The first-order valence-electron chi connectivity index (χ1n) is 2.92. The van der Waals surface area contributed by atoms with Crippen LogP contribution in [-0.4, -0.2) is 18.0 Å². The molecule has 0 heterocycles. The highest BCUT2D eigenvalue weighted by molar-refractivity contribution is 5.83. The third-order valence-electron chi connectivity index (χ3n) is 1.23. The number of carbonyl (C=O) groups is 1. The van der Waals surface area contributed by atoms with E-state index < -0.39 is 11.4 Å². The number of nitrogens with two attached hydrogens (primary N) is 1. The van der Waals surface area contributed by atoms with Crippen LogP contribution in [0.5, 0.6) is 0 Å². The SMILES string of the molecule is CC(C)(NCC#N)C(N)=O. The summed E-state index contributed by atoms with van der Waals surface area (Å²) in [6, 6.07) is 1.86. The minimum atomic E-state index is -0.782. The quantitative estimate of drug-likeness (QED) is 0.513. The minimum absolute atomic E-state index is 0.135. The summed E-state index contributed by atoms with van der Waals surface area (Å²) in [5, 5.41) is 10.8. The second-order valence-corrected chi connectivity index (χ2v) is 2.50. The number of carbonyl (C=O) groups excluding carboxylic acids is 1. The molecule has 0 aliphatic rings. The van der Waals surface area contributed by atoms with Crippen LogP contribution in [0.15, 0.2) is 0 Å². The molecule has 0 aromatic carbocycles. The Hall–Kier alpha value is -1.08. The lowest BCUT2D eigenvalue weighted by Crippen LogP contribution is -2.50. The average Bonchev–Trinajstić information content (AvgIpc) is 1.84. The smallest absolute Gasteiger partial charge is 0.237 e. The summed E-state index contributed by atoms with van der Waals surface area (Å²) >= 11 is 0. The Kier molecular flexibility index (Phi) is 2.84. The molecule has 0 radical (unpaired) electrons. The van der Waals surface area contributed by atoms with Gasteiger partial charge in [-0.1, -0.05) is 0 Å². The van der Waals surface area contributed by atoms with E-state index >= 15 is 0 Å². The lowest BCUT2D eigenvalue weighted by Gasteiger charge is -2.19. The van der Waals surface area contributed by atoms with Crippen LogP contribution in [0.3, 0.4) is 0 Å². The maximum atomic E-state index is 10.6. The van der Waals surface area contributed by atoms with E-state index in [1.54, 1.807) is 13.8 Å². The predicted molar refractivity (Wildman–Crippen MR) is 36.9 cm³/mol. The van der Waals surface area contributed by atoms with E-state index in [9.17, 15) is 4.79 Å². The highest BCUT2D eigenvalue weighted by Gasteiger charge is 2.22. The Morgan fingerprint density at radius 1 is 1.80 bits per heavy atom. The standard InChI is InChI=1S/C6H11N3O/c1-6(2,5(8)10)9-4-3-7/h9H,4H2,1-2H3,(H2,8,10). The molecule has 0 aromatic rings. The number of hydrogen-bond acceptors (Lipinski definition) is 3. The Morgan fingerprint density at radius 2 is 2.30 bits per heavy atom. The number of nitrogens with one attached hydrogen (secondary N) is 1. The van der Waals surface area contributed by atoms with Gasteiger partial charge in [0.25, 0.3) is 0 Å². The van der Waals surface area contributed by atoms with Gasteiger partial charge in [-0.25, -0.2) is 0 Å². The van der Waals surface area contributed by atoms with Gasteiger partial charge >= 0.3 is 0 Å². The summed E-state index contributed by atoms with van der Waals surface area (Å²) in [7, 11) is 0. The Labute approximate surface area is 60.0 Å². The molecule has 4 heteroatoms. The average molecular weight is 141 g/mol. The second kappa shape index (κ2) is 3.18. The predicted octanol–water partition coefficient (Wildman–Crippen LogP) is -0.637. The Morgan fingerprint density at radius 3 is 2.60 bits per heavy atom. The van der Waals surface area contributed by atoms with Gasteiger partial charge in [0, 0.05) is 0 Å². The van der Waals surface area contributed by atoms with E-state index in [2.05, 4.69) is 5.32 Å². The fraction of sp³-hybridized carbons (Fsp3) is 0.667. The van der Waals surface area contributed by atoms with Crippen LogP contribution in [0.25, 0.3) is 0 Å². The fourth-order valence-corrected chi connectivity index (χ4v) is 0.348. The normalized spacial score (nSPS) is 10.5. The molecule has 0 saturated carbocycles. The van der Waals surface area contributed by atoms with Crippen molar-refractivity contribution in [2.24, 2.45) is 5.73 Å². The molecule has 0 saturated heterocycles. The van der Waals surface area contributed by atoms with E-state index in [0.29, 0.717) is 0 Å². The van der Waals surface area contributed by atoms with Crippen molar-refractivity contribution in [3.63, 3.8) is 0 Å². The molecule has 1 amide bonds. The van der Waals surface area contributed by atoms with Gasteiger partial charge in [-0.3, -0.25) is 10.1 Å². The third-order valence-corrected chi connectivity index (χ3v) is 1.23. The van der Waals surface area contributed by atoms with Crippen LogP contribution in [0.2, 0.25) is 0 Å². The summed E-state index contributed by atoms with van der Waals surface area (Å²) < 4.78 is 0. The van der Waals surface area contributed by atoms with Crippen LogP contribution in [-0.2, 0) is 4.79 Å². The Balaban J connectivity index is 3.90. The summed E-state index contributed by atoms with van der Waals surface area (Å²) in [5.41, 5.74) is 4.22. The van der Waals surface area contributed by atoms with Gasteiger partial charge in [0.2, 0.25) is 5.91 Å². The Bertz CT molecular complexity index is 168. The van der Waals surface area contributed by atoms with Crippen LogP contribution < -0.4 is 11.1 Å². The number of primary amides is 1. The van der Waals surface area contributed by atoms with Gasteiger partial charge in [-0.2, -0.15) is 5.26 Å². The van der Waals surface area contributed by atoms with Gasteiger partial charge in [0.15, 0.2) is 0 Å². The number of amides is 1. The minimum Gasteiger partial charge on any atom is -0.368 e. The summed E-state index contributed by atoms with van der Waals surface area (Å²) in [5.74, 6) is -0.456. The molecule has 0 aliphatic carbocycles. The molecule has 3 N–H and O–H groups in total. The monoisotopic (exact) mass is 141 g/mol. The zero-order valence-corrected chi connectivity index (χ0v) is 6.14. The molecule has 0 bridgehead atoms. The van der Waals surface area contributed by atoms with Gasteiger partial charge in [0.05, 0.1) is 18.2 Å². The van der Waals surface area contributed by atoms with E-state index in [0.717, 1.165) is 0 Å². The van der Waals surface area contributed by atoms with Crippen LogP contribution in [0.1, 0.15) is 13.8 Å². The molecule has 4 nitrogen and oxygen atoms in total. The second-order valence-electron chi connectivity index (χ2n) is 2.50. The molecule has 10 heavy (non-hydrogen) atoms. The molecule has 0 atom stereocenters. The maximum absolute atomic E-state index is 10.6. The number of nitrogens with zero attached hydrogens (tertiary/aromatic N) is 1. The molecule has 56 valence electrons. The van der Waals surface area contributed by atoms with Crippen LogP contribution in [0, 0.1) is 11.3 Å². The largest absolute Gasteiger partial charge is 0.368 e. The number of nitriles is 1. The van der Waals surface area contributed by atoms with E-state index in [1.807, 2.05) is 6.07 Å². The third kappa shape index (κ3) is 2.46. The van der Waals surface area contributed by atoms with E-state index in [1.165, 1.54) is 0 Å². The summed E-state index contributed by atoms with van der Waals surface area (Å²) in [6.07, 6.45) is 0. The van der Waals surface area contributed by atoms with Gasteiger partial charge in [-0.05, 0) is 13.8 Å². The fourth-order valence-electron chi connectivity index (χ4n) is 0.348. The van der Waals surface area contributed by atoms with Crippen molar-refractivity contribution in [3.8, 4) is 6.07 Å².